The number of anilines is 6. The second-order valence-corrected chi connectivity index (χ2v) is 21.4. The Hall–Kier alpha value is -4.88. The van der Waals surface area contributed by atoms with Crippen LogP contribution >= 0.6 is 31.9 Å². The molecule has 2 aliphatic heterocycles. The van der Waals surface area contributed by atoms with E-state index in [0.717, 1.165) is 68.2 Å². The van der Waals surface area contributed by atoms with Crippen LogP contribution < -0.4 is 9.80 Å². The molecule has 1 fully saturated rings. The quantitative estimate of drug-likeness (QED) is 0.0712. The van der Waals surface area contributed by atoms with Crippen LogP contribution in [0.5, 0.6) is 0 Å². The van der Waals surface area contributed by atoms with Crippen molar-refractivity contribution in [2.24, 2.45) is 0 Å². The predicted molar refractivity (Wildman–Crippen MR) is 288 cm³/mol. The van der Waals surface area contributed by atoms with Gasteiger partial charge in [0.15, 0.2) is 0 Å². The molecule has 11 rings (SSSR count). The second kappa shape index (κ2) is 19.3. The van der Waals surface area contributed by atoms with Crippen molar-refractivity contribution >= 4 is 87.9 Å². The molecule has 6 heteroatoms. The Morgan fingerprint density at radius 1 is 0.448 bits per heavy atom. The van der Waals surface area contributed by atoms with Crippen LogP contribution in [0.4, 0.5) is 34.1 Å². The molecule has 0 saturated carbocycles. The molecular formula is C61H62Br2N2O2. The summed E-state index contributed by atoms with van der Waals surface area (Å²) in [5, 5.41) is 2.34. The molecule has 8 aromatic rings. The molecule has 4 nitrogen and oxygen atoms in total. The lowest BCUT2D eigenvalue weighted by Crippen LogP contribution is -2.26. The maximum Gasteiger partial charge on any atom is 0.135 e. The first-order chi connectivity index (χ1) is 32.9. The summed E-state index contributed by atoms with van der Waals surface area (Å²) in [6.07, 6.45) is 20.3. The van der Waals surface area contributed by atoms with Crippen molar-refractivity contribution in [3.8, 4) is 11.1 Å². The zero-order valence-electron chi connectivity index (χ0n) is 39.1. The van der Waals surface area contributed by atoms with Crippen molar-refractivity contribution in [2.45, 2.75) is 134 Å². The Morgan fingerprint density at radius 3 is 1.46 bits per heavy atom. The molecule has 2 aromatic heterocycles. The number of fused-ring (bicyclic) bond motifs is 13. The molecular weight excluding hydrogens is 952 g/mol. The third-order valence-corrected chi connectivity index (χ3v) is 16.4. The Kier molecular flexibility index (Phi) is 12.8. The number of halogens is 2. The molecule has 3 aliphatic rings. The van der Waals surface area contributed by atoms with E-state index in [-0.39, 0.29) is 17.6 Å². The van der Waals surface area contributed by atoms with Crippen LogP contribution in [0.15, 0.2) is 147 Å². The molecule has 67 heavy (non-hydrogen) atoms. The SMILES string of the molecule is CCCCCCCCC1(CCCCCCCC)c2cc(N(c3ccc(Br)cc3)c3ccc4c(c3)C3CCC4O3)ccc2-c2ccc(N(c3ccc(Br)cc3)c3ccc4c5ccc(o5)c4c3)cc21. The molecule has 1 saturated heterocycles. The van der Waals surface area contributed by atoms with E-state index in [0.29, 0.717) is 0 Å². The van der Waals surface area contributed by atoms with Gasteiger partial charge in [0, 0.05) is 59.3 Å². The predicted octanol–water partition coefficient (Wildman–Crippen LogP) is 20.2. The van der Waals surface area contributed by atoms with Gasteiger partial charge in [0.1, 0.15) is 11.2 Å². The lowest BCUT2D eigenvalue weighted by Gasteiger charge is -2.35. The van der Waals surface area contributed by atoms with Gasteiger partial charge in [-0.3, -0.25) is 0 Å². The van der Waals surface area contributed by atoms with Gasteiger partial charge in [-0.25, -0.2) is 0 Å². The highest BCUT2D eigenvalue weighted by atomic mass is 79.9. The van der Waals surface area contributed by atoms with Crippen molar-refractivity contribution in [3.63, 3.8) is 0 Å². The largest absolute Gasteiger partial charge is 0.456 e. The fourth-order valence-corrected chi connectivity index (χ4v) is 12.5. The van der Waals surface area contributed by atoms with Gasteiger partial charge < -0.3 is 19.0 Å². The monoisotopic (exact) mass is 1010 g/mol. The topological polar surface area (TPSA) is 28.9 Å². The molecule has 6 aromatic carbocycles. The summed E-state index contributed by atoms with van der Waals surface area (Å²) in [4.78, 5) is 4.96. The fraction of sp³-hybridized carbons (Fsp3) is 0.344. The van der Waals surface area contributed by atoms with Crippen molar-refractivity contribution in [2.75, 3.05) is 9.80 Å². The fourth-order valence-electron chi connectivity index (χ4n) is 12.0. The molecule has 0 amide bonds. The Morgan fingerprint density at radius 2 is 0.896 bits per heavy atom. The van der Waals surface area contributed by atoms with E-state index < -0.39 is 0 Å². The van der Waals surface area contributed by atoms with Gasteiger partial charge in [-0.1, -0.05) is 141 Å². The smallest absolute Gasteiger partial charge is 0.135 e. The van der Waals surface area contributed by atoms with Crippen LogP contribution in [0.3, 0.4) is 0 Å². The van der Waals surface area contributed by atoms with Gasteiger partial charge in [0.25, 0.3) is 0 Å². The summed E-state index contributed by atoms with van der Waals surface area (Å²) < 4.78 is 14.8. The van der Waals surface area contributed by atoms with Crippen molar-refractivity contribution in [3.05, 3.63) is 165 Å². The van der Waals surface area contributed by atoms with E-state index in [2.05, 4.69) is 189 Å². The van der Waals surface area contributed by atoms with Crippen LogP contribution in [0.25, 0.3) is 33.1 Å². The van der Waals surface area contributed by atoms with E-state index in [9.17, 15) is 0 Å². The highest BCUT2D eigenvalue weighted by molar-refractivity contribution is 9.10. The average Bonchev–Trinajstić information content (AvgIpc) is 4.21. The van der Waals surface area contributed by atoms with E-state index in [1.807, 2.05) is 0 Å². The molecule has 2 unspecified atom stereocenters. The maximum atomic E-state index is 6.44. The third kappa shape index (κ3) is 8.44. The molecule has 2 atom stereocenters. The van der Waals surface area contributed by atoms with Crippen LogP contribution in [0.2, 0.25) is 0 Å². The number of nitrogens with zero attached hydrogens (tertiary/aromatic N) is 2. The molecule has 1 aliphatic carbocycles. The molecule has 0 N–H and O–H groups in total. The van der Waals surface area contributed by atoms with Crippen molar-refractivity contribution < 1.29 is 9.15 Å². The first-order valence-electron chi connectivity index (χ1n) is 25.4. The van der Waals surface area contributed by atoms with Gasteiger partial charge in [-0.15, -0.1) is 0 Å². The standard InChI is InChI=1S/C61H62Br2N2O2/c1-3-5-7-9-11-13-35-61(36-14-12-10-8-6-4-2)55-39-47(64(43-19-15-41(62)16-20-43)45-25-29-51-53(37-45)59-33-31-57(51)66-59)23-27-49(55)50-28-24-48(40-56(50)61)65(44-21-17-42(63)18-22-44)46-26-30-52-54(38-46)60-34-32-58(52)67-60/h15-31,33,37-40,58,60H,3-14,32,34-36H2,1-2H3. The molecule has 342 valence electrons. The van der Waals surface area contributed by atoms with Gasteiger partial charge in [0.05, 0.1) is 12.2 Å². The summed E-state index contributed by atoms with van der Waals surface area (Å²) in [5.41, 5.74) is 17.3. The average molecular weight is 1010 g/mol. The van der Waals surface area contributed by atoms with E-state index in [4.69, 9.17) is 9.15 Å². The number of unbranched alkanes of at least 4 members (excludes halogenated alkanes) is 10. The summed E-state index contributed by atoms with van der Waals surface area (Å²) in [6, 6.07) is 50.7. The van der Waals surface area contributed by atoms with Crippen LogP contribution in [0, 0.1) is 0 Å². The van der Waals surface area contributed by atoms with Crippen LogP contribution in [0.1, 0.15) is 151 Å². The maximum absolute atomic E-state index is 6.44. The van der Waals surface area contributed by atoms with Gasteiger partial charge in [-0.05, 0) is 174 Å². The van der Waals surface area contributed by atoms with Crippen LogP contribution in [-0.2, 0) is 10.2 Å². The third-order valence-electron chi connectivity index (χ3n) is 15.4. The number of hydrogen-bond donors (Lipinski definition) is 0. The Bertz CT molecular complexity index is 2970. The minimum Gasteiger partial charge on any atom is -0.456 e. The number of benzene rings is 7. The molecule has 0 spiro atoms. The minimum atomic E-state index is -0.143. The summed E-state index contributed by atoms with van der Waals surface area (Å²) in [6.45, 7) is 4.64. The first-order valence-corrected chi connectivity index (χ1v) is 27.0. The Balaban J connectivity index is 1.06. The number of ether oxygens (including phenoxy) is 1. The summed E-state index contributed by atoms with van der Waals surface area (Å²) >= 11 is 7.49. The van der Waals surface area contributed by atoms with Gasteiger partial charge >= 0.3 is 0 Å². The van der Waals surface area contributed by atoms with E-state index in [1.165, 1.54) is 133 Å². The van der Waals surface area contributed by atoms with Gasteiger partial charge in [-0.2, -0.15) is 0 Å². The highest BCUT2D eigenvalue weighted by Gasteiger charge is 2.44. The highest BCUT2D eigenvalue weighted by Crippen LogP contribution is 2.58. The van der Waals surface area contributed by atoms with E-state index in [1.54, 1.807) is 0 Å². The van der Waals surface area contributed by atoms with Crippen LogP contribution in [-0.4, -0.2) is 0 Å². The lowest BCUT2D eigenvalue weighted by molar-refractivity contribution is 0.0717. The lowest BCUT2D eigenvalue weighted by atomic mass is 9.70. The minimum absolute atomic E-state index is 0.143. The van der Waals surface area contributed by atoms with Crippen molar-refractivity contribution in [1.82, 2.24) is 0 Å². The molecule has 4 bridgehead atoms. The van der Waals surface area contributed by atoms with Gasteiger partial charge in [0.2, 0.25) is 0 Å². The first kappa shape index (κ1) is 44.6. The second-order valence-electron chi connectivity index (χ2n) is 19.6. The molecule has 0 radical (unpaired) electrons. The summed E-state index contributed by atoms with van der Waals surface area (Å²) in [7, 11) is 0. The Labute approximate surface area is 414 Å². The number of furan rings is 2. The van der Waals surface area contributed by atoms with Crippen molar-refractivity contribution in [1.29, 1.82) is 0 Å². The zero-order valence-corrected chi connectivity index (χ0v) is 42.3. The van der Waals surface area contributed by atoms with E-state index >= 15 is 0 Å². The number of hydrogen-bond acceptors (Lipinski definition) is 4. The summed E-state index contributed by atoms with van der Waals surface area (Å²) in [5.74, 6) is 0. The molecule has 4 heterocycles. The number of rotatable bonds is 20. The normalized spacial score (nSPS) is 16.5. The zero-order chi connectivity index (χ0) is 45.5.